The van der Waals surface area contributed by atoms with E-state index in [0.717, 1.165) is 63.4 Å². The Kier molecular flexibility index (Phi) is 5.28. The van der Waals surface area contributed by atoms with Gasteiger partial charge in [0.1, 0.15) is 0 Å². The Bertz CT molecular complexity index is 792. The number of piperazine rings is 1. The molecule has 1 aromatic carbocycles. The number of hydrogen-bond donors (Lipinski definition) is 0. The van der Waals surface area contributed by atoms with E-state index < -0.39 is 0 Å². The number of carbonyl (C=O) groups is 1. The summed E-state index contributed by atoms with van der Waals surface area (Å²) in [6.07, 6.45) is 7.05. The number of pyridine rings is 1. The van der Waals surface area contributed by atoms with E-state index in [2.05, 4.69) is 46.0 Å². The maximum atomic E-state index is 12.8. The number of piperidine rings is 1. The maximum absolute atomic E-state index is 12.8. The second-order valence-electron chi connectivity index (χ2n) is 7.60. The van der Waals surface area contributed by atoms with Gasteiger partial charge in [-0.3, -0.25) is 9.78 Å². The minimum absolute atomic E-state index is 0.127. The van der Waals surface area contributed by atoms with Crippen LogP contribution < -0.4 is 9.80 Å². The molecule has 0 unspecified atom stereocenters. The molecule has 5 nitrogen and oxygen atoms in total. The third-order valence-corrected chi connectivity index (χ3v) is 5.63. The van der Waals surface area contributed by atoms with Crippen molar-refractivity contribution in [2.75, 3.05) is 49.1 Å². The van der Waals surface area contributed by atoms with E-state index in [0.29, 0.717) is 0 Å². The highest BCUT2D eigenvalue weighted by Gasteiger charge is 2.21. The van der Waals surface area contributed by atoms with Gasteiger partial charge in [0.15, 0.2) is 0 Å². The standard InChI is InChI=1S/C22H28N4O/c1-18-6-5-7-20(14-18)24-10-12-25(13-11-24)21-15-19(16-23-17-21)22(27)26-8-3-2-4-9-26/h5-7,14-17H,2-4,8-13H2,1H3. The van der Waals surface area contributed by atoms with Gasteiger partial charge in [-0.15, -0.1) is 0 Å². The Morgan fingerprint density at radius 3 is 2.26 bits per heavy atom. The number of nitrogens with zero attached hydrogens (tertiary/aromatic N) is 4. The number of hydrogen-bond acceptors (Lipinski definition) is 4. The molecule has 2 saturated heterocycles. The summed E-state index contributed by atoms with van der Waals surface area (Å²) in [6, 6.07) is 10.7. The predicted molar refractivity (Wildman–Crippen MR) is 110 cm³/mol. The Hall–Kier alpha value is -2.56. The van der Waals surface area contributed by atoms with Crippen LogP contribution >= 0.6 is 0 Å². The molecule has 1 amide bonds. The molecule has 0 saturated carbocycles. The van der Waals surface area contributed by atoms with Crippen molar-refractivity contribution in [3.63, 3.8) is 0 Å². The van der Waals surface area contributed by atoms with Crippen molar-refractivity contribution in [1.82, 2.24) is 9.88 Å². The first kappa shape index (κ1) is 17.8. The van der Waals surface area contributed by atoms with Gasteiger partial charge < -0.3 is 14.7 Å². The van der Waals surface area contributed by atoms with Gasteiger partial charge in [0, 0.05) is 51.2 Å². The SMILES string of the molecule is Cc1cccc(N2CCN(c3cncc(C(=O)N4CCCCC4)c3)CC2)c1. The number of rotatable bonds is 3. The first-order valence-corrected chi connectivity index (χ1v) is 10.0. The fourth-order valence-electron chi connectivity index (χ4n) is 4.04. The maximum Gasteiger partial charge on any atom is 0.255 e. The predicted octanol–water partition coefficient (Wildman–Crippen LogP) is 3.34. The van der Waals surface area contributed by atoms with Gasteiger partial charge in [0.2, 0.25) is 0 Å². The van der Waals surface area contributed by atoms with Crippen LogP contribution in [-0.4, -0.2) is 55.1 Å². The smallest absolute Gasteiger partial charge is 0.255 e. The van der Waals surface area contributed by atoms with E-state index in [1.54, 1.807) is 6.20 Å². The zero-order valence-corrected chi connectivity index (χ0v) is 16.1. The molecule has 4 rings (SSSR count). The fourth-order valence-corrected chi connectivity index (χ4v) is 4.04. The second kappa shape index (κ2) is 7.99. The summed E-state index contributed by atoms with van der Waals surface area (Å²) in [7, 11) is 0. The van der Waals surface area contributed by atoms with Gasteiger partial charge in [-0.25, -0.2) is 0 Å². The summed E-state index contributed by atoms with van der Waals surface area (Å²) in [6.45, 7) is 7.72. The van der Waals surface area contributed by atoms with Crippen LogP contribution in [0.4, 0.5) is 11.4 Å². The highest BCUT2D eigenvalue weighted by molar-refractivity contribution is 5.94. The van der Waals surface area contributed by atoms with E-state index in [1.165, 1.54) is 17.7 Å². The van der Waals surface area contributed by atoms with Crippen molar-refractivity contribution in [2.45, 2.75) is 26.2 Å². The lowest BCUT2D eigenvalue weighted by molar-refractivity contribution is 0.0724. The highest BCUT2D eigenvalue weighted by atomic mass is 16.2. The van der Waals surface area contributed by atoms with Crippen molar-refractivity contribution in [3.05, 3.63) is 53.9 Å². The lowest BCUT2D eigenvalue weighted by Gasteiger charge is -2.37. The molecule has 2 fully saturated rings. The van der Waals surface area contributed by atoms with Crippen LogP contribution in [0.15, 0.2) is 42.7 Å². The Balaban J connectivity index is 1.42. The molecule has 3 heterocycles. The molecule has 0 atom stereocenters. The topological polar surface area (TPSA) is 39.7 Å². The summed E-state index contributed by atoms with van der Waals surface area (Å²) >= 11 is 0. The van der Waals surface area contributed by atoms with Gasteiger partial charge in [-0.2, -0.15) is 0 Å². The van der Waals surface area contributed by atoms with E-state index >= 15 is 0 Å². The molecule has 27 heavy (non-hydrogen) atoms. The summed E-state index contributed by atoms with van der Waals surface area (Å²) in [5.74, 6) is 0.127. The zero-order chi connectivity index (χ0) is 18.6. The van der Waals surface area contributed by atoms with Crippen LogP contribution in [-0.2, 0) is 0 Å². The number of benzene rings is 1. The lowest BCUT2D eigenvalue weighted by atomic mass is 10.1. The first-order chi connectivity index (χ1) is 13.2. The third-order valence-electron chi connectivity index (χ3n) is 5.63. The molecule has 0 aliphatic carbocycles. The van der Waals surface area contributed by atoms with Crippen LogP contribution in [0, 0.1) is 6.92 Å². The molecule has 0 N–H and O–H groups in total. The average molecular weight is 364 g/mol. The molecule has 0 bridgehead atoms. The highest BCUT2D eigenvalue weighted by Crippen LogP contribution is 2.22. The number of amides is 1. The summed E-state index contributed by atoms with van der Waals surface area (Å²) in [4.78, 5) is 23.9. The summed E-state index contributed by atoms with van der Waals surface area (Å²) in [5.41, 5.74) is 4.36. The van der Waals surface area contributed by atoms with Crippen molar-refractivity contribution >= 4 is 17.3 Å². The van der Waals surface area contributed by atoms with Crippen LogP contribution in [0.3, 0.4) is 0 Å². The number of likely N-dealkylation sites (tertiary alicyclic amines) is 1. The first-order valence-electron chi connectivity index (χ1n) is 10.0. The Labute approximate surface area is 161 Å². The Morgan fingerprint density at radius 2 is 1.56 bits per heavy atom. The quantitative estimate of drug-likeness (QED) is 0.837. The van der Waals surface area contributed by atoms with Crippen LogP contribution in [0.5, 0.6) is 0 Å². The molecular formula is C22H28N4O. The van der Waals surface area contributed by atoms with Gasteiger partial charge in [-0.05, 0) is 49.9 Å². The monoisotopic (exact) mass is 364 g/mol. The third kappa shape index (κ3) is 4.07. The van der Waals surface area contributed by atoms with Crippen molar-refractivity contribution in [1.29, 1.82) is 0 Å². The minimum atomic E-state index is 0.127. The molecule has 1 aromatic heterocycles. The number of anilines is 2. The van der Waals surface area contributed by atoms with Crippen LogP contribution in [0.1, 0.15) is 35.2 Å². The molecule has 5 heteroatoms. The van der Waals surface area contributed by atoms with Gasteiger partial charge >= 0.3 is 0 Å². The van der Waals surface area contributed by atoms with Crippen molar-refractivity contribution < 1.29 is 4.79 Å². The van der Waals surface area contributed by atoms with Crippen molar-refractivity contribution in [2.24, 2.45) is 0 Å². The largest absolute Gasteiger partial charge is 0.368 e. The average Bonchev–Trinajstić information content (AvgIpc) is 2.74. The molecule has 0 spiro atoms. The lowest BCUT2D eigenvalue weighted by Crippen LogP contribution is -2.46. The second-order valence-corrected chi connectivity index (χ2v) is 7.60. The molecule has 2 aliphatic heterocycles. The number of aromatic nitrogens is 1. The normalized spacial score (nSPS) is 17.9. The van der Waals surface area contributed by atoms with E-state index in [-0.39, 0.29) is 5.91 Å². The molecule has 2 aromatic rings. The molecular weight excluding hydrogens is 336 g/mol. The minimum Gasteiger partial charge on any atom is -0.368 e. The molecule has 0 radical (unpaired) electrons. The Morgan fingerprint density at radius 1 is 0.852 bits per heavy atom. The van der Waals surface area contributed by atoms with Gasteiger partial charge in [-0.1, -0.05) is 12.1 Å². The number of carbonyl (C=O) groups excluding carboxylic acids is 1. The van der Waals surface area contributed by atoms with E-state index in [9.17, 15) is 4.79 Å². The summed E-state index contributed by atoms with van der Waals surface area (Å²) in [5, 5.41) is 0. The van der Waals surface area contributed by atoms with Crippen LogP contribution in [0.25, 0.3) is 0 Å². The molecule has 2 aliphatic rings. The van der Waals surface area contributed by atoms with Crippen molar-refractivity contribution in [3.8, 4) is 0 Å². The van der Waals surface area contributed by atoms with E-state index in [4.69, 9.17) is 0 Å². The summed E-state index contributed by atoms with van der Waals surface area (Å²) < 4.78 is 0. The van der Waals surface area contributed by atoms with Crippen LogP contribution in [0.2, 0.25) is 0 Å². The molecule has 142 valence electrons. The number of aryl methyl sites for hydroxylation is 1. The fraction of sp³-hybridized carbons (Fsp3) is 0.455. The zero-order valence-electron chi connectivity index (χ0n) is 16.1. The van der Waals surface area contributed by atoms with E-state index in [1.807, 2.05) is 17.2 Å². The van der Waals surface area contributed by atoms with Gasteiger partial charge in [0.05, 0.1) is 17.4 Å². The van der Waals surface area contributed by atoms with Gasteiger partial charge in [0.25, 0.3) is 5.91 Å².